The second kappa shape index (κ2) is 12.1. The number of thioether (sulfide) groups is 1. The summed E-state index contributed by atoms with van der Waals surface area (Å²) < 4.78 is 41.0. The van der Waals surface area contributed by atoms with E-state index >= 15 is 0 Å². The summed E-state index contributed by atoms with van der Waals surface area (Å²) in [6.07, 6.45) is 7.69. The molecular weight excluding hydrogens is 520 g/mol. The minimum absolute atomic E-state index is 0.175. The lowest BCUT2D eigenvalue weighted by Crippen LogP contribution is -2.53. The molecule has 0 saturated heterocycles. The zero-order valence-electron chi connectivity index (χ0n) is 23.5. The molecule has 0 amide bonds. The van der Waals surface area contributed by atoms with Gasteiger partial charge in [0.15, 0.2) is 0 Å². The van der Waals surface area contributed by atoms with E-state index in [1.165, 1.54) is 24.1 Å². The van der Waals surface area contributed by atoms with E-state index in [0.29, 0.717) is 24.4 Å². The SMILES string of the molecule is CCCCC1(CC)CN(c2ccccc2)c2cc(SC)c(O/C=C/C(=O)OC(C)(C)C)cc2S(=O)(=O)N1C. The number of anilines is 2. The predicted molar refractivity (Wildman–Crippen MR) is 155 cm³/mol. The molecule has 208 valence electrons. The highest BCUT2D eigenvalue weighted by atomic mass is 32.2. The third-order valence-electron chi connectivity index (χ3n) is 6.82. The summed E-state index contributed by atoms with van der Waals surface area (Å²) in [5, 5.41) is 0. The van der Waals surface area contributed by atoms with Crippen LogP contribution in [0.15, 0.2) is 64.6 Å². The number of ether oxygens (including phenoxy) is 2. The minimum Gasteiger partial charge on any atom is -0.464 e. The van der Waals surface area contributed by atoms with Crippen molar-refractivity contribution in [3.63, 3.8) is 0 Å². The van der Waals surface area contributed by atoms with Gasteiger partial charge in [0, 0.05) is 25.3 Å². The molecule has 9 heteroatoms. The highest BCUT2D eigenvalue weighted by Gasteiger charge is 2.46. The summed E-state index contributed by atoms with van der Waals surface area (Å²) in [4.78, 5) is 15.2. The number of carbonyl (C=O) groups excluding carboxylic acids is 1. The first-order chi connectivity index (χ1) is 17.9. The fraction of sp³-hybridized carbons (Fsp3) is 0.483. The number of hydrogen-bond donors (Lipinski definition) is 0. The van der Waals surface area contributed by atoms with Crippen LogP contribution in [0.3, 0.4) is 0 Å². The Morgan fingerprint density at radius 2 is 1.84 bits per heavy atom. The number of benzene rings is 2. The maximum Gasteiger partial charge on any atom is 0.334 e. The standard InChI is InChI=1S/C29H40N2O5S2/c1-8-10-17-29(9-2)21-31(22-14-12-11-13-15-22)23-19-25(37-7)24(20-26(23)38(33,34)30(29)6)35-18-16-27(32)36-28(3,4)5/h11-16,18-20H,8-10,17,21H2,1-7H3/b18-16+. The Kier molecular flexibility index (Phi) is 9.60. The van der Waals surface area contributed by atoms with E-state index in [4.69, 9.17) is 9.47 Å². The summed E-state index contributed by atoms with van der Waals surface area (Å²) in [6, 6.07) is 13.4. The molecule has 0 bridgehead atoms. The van der Waals surface area contributed by atoms with Crippen LogP contribution in [0.4, 0.5) is 11.4 Å². The van der Waals surface area contributed by atoms with Crippen molar-refractivity contribution >= 4 is 39.1 Å². The van der Waals surface area contributed by atoms with E-state index in [-0.39, 0.29) is 4.90 Å². The Hall–Kier alpha value is -2.49. The summed E-state index contributed by atoms with van der Waals surface area (Å²) in [7, 11) is -2.18. The van der Waals surface area contributed by atoms with E-state index in [1.54, 1.807) is 38.2 Å². The van der Waals surface area contributed by atoms with Gasteiger partial charge in [-0.2, -0.15) is 4.31 Å². The molecule has 1 heterocycles. The molecule has 0 fully saturated rings. The van der Waals surface area contributed by atoms with Crippen molar-refractivity contribution in [3.05, 3.63) is 54.8 Å². The van der Waals surface area contributed by atoms with Crippen molar-refractivity contribution in [2.24, 2.45) is 0 Å². The van der Waals surface area contributed by atoms with Gasteiger partial charge in [-0.1, -0.05) is 44.9 Å². The van der Waals surface area contributed by atoms with Crippen LogP contribution < -0.4 is 9.64 Å². The van der Waals surface area contributed by atoms with Gasteiger partial charge in [-0.25, -0.2) is 13.2 Å². The van der Waals surface area contributed by atoms with Crippen molar-refractivity contribution in [1.29, 1.82) is 0 Å². The van der Waals surface area contributed by atoms with E-state index in [2.05, 4.69) is 18.7 Å². The Labute approximate surface area is 232 Å². The number of nitrogens with zero attached hydrogens (tertiary/aromatic N) is 2. The molecule has 0 saturated carbocycles. The first-order valence-corrected chi connectivity index (χ1v) is 15.6. The molecule has 2 aromatic rings. The van der Waals surface area contributed by atoms with Crippen LogP contribution >= 0.6 is 11.8 Å². The lowest BCUT2D eigenvalue weighted by atomic mass is 9.88. The van der Waals surface area contributed by atoms with Crippen molar-refractivity contribution in [1.82, 2.24) is 4.31 Å². The molecule has 1 atom stereocenters. The molecule has 2 aromatic carbocycles. The van der Waals surface area contributed by atoms with Gasteiger partial charge in [0.05, 0.1) is 28.5 Å². The quantitative estimate of drug-likeness (QED) is 0.145. The highest BCUT2D eigenvalue weighted by molar-refractivity contribution is 7.98. The fourth-order valence-electron chi connectivity index (χ4n) is 4.67. The van der Waals surface area contributed by atoms with Crippen LogP contribution in [0, 0.1) is 0 Å². The lowest BCUT2D eigenvalue weighted by Gasteiger charge is -2.41. The number of sulfonamides is 1. The van der Waals surface area contributed by atoms with Crippen LogP contribution in [0.25, 0.3) is 0 Å². The normalized spacial score (nSPS) is 19.7. The minimum atomic E-state index is -3.87. The molecule has 0 aromatic heterocycles. The van der Waals surface area contributed by atoms with Gasteiger partial charge >= 0.3 is 5.97 Å². The van der Waals surface area contributed by atoms with Gasteiger partial charge in [0.2, 0.25) is 10.0 Å². The Morgan fingerprint density at radius 3 is 2.42 bits per heavy atom. The molecule has 0 N–H and O–H groups in total. The van der Waals surface area contributed by atoms with Crippen LogP contribution in [0.2, 0.25) is 0 Å². The molecule has 7 nitrogen and oxygen atoms in total. The second-order valence-electron chi connectivity index (χ2n) is 10.5. The van der Waals surface area contributed by atoms with Crippen LogP contribution in [-0.2, 0) is 19.6 Å². The number of rotatable bonds is 9. The van der Waals surface area contributed by atoms with Crippen LogP contribution in [-0.4, -0.2) is 49.7 Å². The van der Waals surface area contributed by atoms with E-state index in [1.807, 2.05) is 42.7 Å². The van der Waals surface area contributed by atoms with Gasteiger partial charge in [-0.05, 0) is 58.1 Å². The van der Waals surface area contributed by atoms with Crippen LogP contribution in [0.1, 0.15) is 60.3 Å². The molecule has 0 radical (unpaired) electrons. The maximum atomic E-state index is 14.2. The average molecular weight is 561 g/mol. The number of unbranched alkanes of at least 4 members (excludes halogenated alkanes) is 1. The molecular formula is C29H40N2O5S2. The first-order valence-electron chi connectivity index (χ1n) is 13.0. The largest absolute Gasteiger partial charge is 0.464 e. The highest BCUT2D eigenvalue weighted by Crippen LogP contribution is 2.46. The number of para-hydroxylation sites is 1. The van der Waals surface area contributed by atoms with E-state index in [9.17, 15) is 13.2 Å². The van der Waals surface area contributed by atoms with E-state index < -0.39 is 27.1 Å². The van der Waals surface area contributed by atoms with E-state index in [0.717, 1.165) is 29.8 Å². The van der Waals surface area contributed by atoms with Gasteiger partial charge in [-0.3, -0.25) is 0 Å². The molecule has 0 aliphatic carbocycles. The Balaban J connectivity index is 2.16. The number of likely N-dealkylation sites (N-methyl/N-ethyl adjacent to an activating group) is 1. The second-order valence-corrected chi connectivity index (χ2v) is 13.3. The number of carbonyl (C=O) groups is 1. The van der Waals surface area contributed by atoms with Crippen molar-refractivity contribution in [2.75, 3.05) is 24.7 Å². The summed E-state index contributed by atoms with van der Waals surface area (Å²) >= 11 is 1.45. The monoisotopic (exact) mass is 560 g/mol. The fourth-order valence-corrected chi connectivity index (χ4v) is 6.98. The van der Waals surface area contributed by atoms with Crippen molar-refractivity contribution in [2.45, 2.75) is 81.2 Å². The third kappa shape index (κ3) is 6.55. The summed E-state index contributed by atoms with van der Waals surface area (Å²) in [5.41, 5.74) is 0.335. The van der Waals surface area contributed by atoms with Gasteiger partial charge in [0.25, 0.3) is 0 Å². The average Bonchev–Trinajstić information content (AvgIpc) is 2.94. The zero-order valence-corrected chi connectivity index (χ0v) is 25.1. The van der Waals surface area contributed by atoms with Crippen molar-refractivity contribution in [3.8, 4) is 5.75 Å². The number of fused-ring (bicyclic) bond motifs is 1. The molecule has 1 aliphatic heterocycles. The van der Waals surface area contributed by atoms with Crippen LogP contribution in [0.5, 0.6) is 5.75 Å². The smallest absolute Gasteiger partial charge is 0.334 e. The summed E-state index contributed by atoms with van der Waals surface area (Å²) in [6.45, 7) is 10.1. The third-order valence-corrected chi connectivity index (χ3v) is 9.57. The number of esters is 1. The van der Waals surface area contributed by atoms with Gasteiger partial charge < -0.3 is 14.4 Å². The predicted octanol–water partition coefficient (Wildman–Crippen LogP) is 6.75. The maximum absolute atomic E-state index is 14.2. The zero-order chi connectivity index (χ0) is 28.1. The van der Waals surface area contributed by atoms with Gasteiger partial charge in [-0.15, -0.1) is 11.8 Å². The molecule has 1 unspecified atom stereocenters. The molecule has 38 heavy (non-hydrogen) atoms. The molecule has 1 aliphatic rings. The van der Waals surface area contributed by atoms with Gasteiger partial charge in [0.1, 0.15) is 16.2 Å². The van der Waals surface area contributed by atoms with Crippen molar-refractivity contribution < 1.29 is 22.7 Å². The molecule has 0 spiro atoms. The summed E-state index contributed by atoms with van der Waals surface area (Å²) in [5.74, 6) is -0.178. The Morgan fingerprint density at radius 1 is 1.16 bits per heavy atom. The lowest BCUT2D eigenvalue weighted by molar-refractivity contribution is -0.148. The Bertz CT molecular complexity index is 1260. The topological polar surface area (TPSA) is 76.1 Å². The molecule has 3 rings (SSSR count). The number of hydrogen-bond acceptors (Lipinski definition) is 7. The first kappa shape index (κ1) is 30.1.